The number of unbranched alkanes of at least 4 members (excludes halogenated alkanes) is 7. The molecule has 0 N–H and O–H groups in total. The molecular weight excluding hydrogens is 434 g/mol. The van der Waals surface area contributed by atoms with Crippen molar-refractivity contribution >= 4 is 26.2 Å². The van der Waals surface area contributed by atoms with Crippen LogP contribution in [0.15, 0.2) is 48.5 Å². The van der Waals surface area contributed by atoms with Gasteiger partial charge in [-0.2, -0.15) is 5.26 Å². The normalized spacial score (nSPS) is 10.4. The zero-order chi connectivity index (χ0) is 23.4. The summed E-state index contributed by atoms with van der Waals surface area (Å²) in [6.45, 7) is 5.07. The van der Waals surface area contributed by atoms with Gasteiger partial charge in [-0.15, -0.1) is 0 Å². The highest BCUT2D eigenvalue weighted by atomic mass is 28.3. The Kier molecular flexibility index (Phi) is 15.7. The zero-order valence-electron chi connectivity index (χ0n) is 19.8. The number of nitrogens with zero attached hydrogens (tertiary/aromatic N) is 1. The maximum absolute atomic E-state index is 12.2. The monoisotopic (exact) mass is 471 g/mol. The molecule has 174 valence electrons. The molecule has 0 bridgehead atoms. The predicted octanol–water partition coefficient (Wildman–Crippen LogP) is 4.71. The van der Waals surface area contributed by atoms with Gasteiger partial charge in [-0.25, -0.2) is 4.79 Å². The second-order valence-electron chi connectivity index (χ2n) is 7.45. The number of nitriles is 1. The van der Waals surface area contributed by atoms with Crippen molar-refractivity contribution in [3.05, 3.63) is 59.7 Å². The quantitative estimate of drug-likeness (QED) is 0.183. The van der Waals surface area contributed by atoms with Crippen LogP contribution in [0.4, 0.5) is 0 Å². The smallest absolute Gasteiger partial charge is 0.343 e. The van der Waals surface area contributed by atoms with Gasteiger partial charge >= 0.3 is 5.97 Å². The van der Waals surface area contributed by atoms with Gasteiger partial charge in [-0.05, 0) is 55.0 Å². The Labute approximate surface area is 198 Å². The van der Waals surface area contributed by atoms with E-state index < -0.39 is 5.97 Å². The van der Waals surface area contributed by atoms with Gasteiger partial charge < -0.3 is 13.6 Å². The third-order valence-corrected chi connectivity index (χ3v) is 7.15. The molecule has 2 aromatic carbocycles. The molecule has 0 saturated carbocycles. The summed E-state index contributed by atoms with van der Waals surface area (Å²) >= 11 is 0. The summed E-state index contributed by atoms with van der Waals surface area (Å²) in [7, 11) is 0.938. The lowest BCUT2D eigenvalue weighted by atomic mass is 10.1. The molecule has 0 unspecified atom stereocenters. The van der Waals surface area contributed by atoms with Crippen LogP contribution < -0.4 is 9.47 Å². The maximum Gasteiger partial charge on any atom is 0.343 e. The van der Waals surface area contributed by atoms with Crippen molar-refractivity contribution in [1.82, 2.24) is 0 Å². The van der Waals surface area contributed by atoms with Gasteiger partial charge in [-0.1, -0.05) is 58.4 Å². The number of hydrogen-bond donors (Lipinski definition) is 0. The number of carbonyl (C=O) groups is 1. The van der Waals surface area contributed by atoms with E-state index in [0.29, 0.717) is 23.5 Å². The Morgan fingerprint density at radius 2 is 1.44 bits per heavy atom. The van der Waals surface area contributed by atoms with Crippen LogP contribution in [-0.2, 0) is 4.12 Å². The first-order chi connectivity index (χ1) is 15.6. The van der Waals surface area contributed by atoms with E-state index in [9.17, 15) is 4.79 Å². The fourth-order valence-electron chi connectivity index (χ4n) is 2.88. The molecule has 5 nitrogen and oxygen atoms in total. The molecule has 0 fully saturated rings. The van der Waals surface area contributed by atoms with Gasteiger partial charge in [0.05, 0.1) is 23.8 Å². The minimum atomic E-state index is -0.431. The number of esters is 1. The van der Waals surface area contributed by atoms with Gasteiger partial charge in [0.2, 0.25) is 0 Å². The molecule has 0 aliphatic carbocycles. The molecule has 0 atom stereocenters. The van der Waals surface area contributed by atoms with E-state index in [-0.39, 0.29) is 9.76 Å². The van der Waals surface area contributed by atoms with Gasteiger partial charge in [0.25, 0.3) is 0 Å². The van der Waals surface area contributed by atoms with Gasteiger partial charge in [0.15, 0.2) is 0 Å². The third-order valence-electron chi connectivity index (χ3n) is 4.84. The highest BCUT2D eigenvalue weighted by molar-refractivity contribution is 6.32. The Bertz CT molecular complexity index is 787. The van der Waals surface area contributed by atoms with E-state index in [2.05, 4.69) is 13.5 Å². The minimum absolute atomic E-state index is 0.0139. The first-order valence-electron chi connectivity index (χ1n) is 11.6. The van der Waals surface area contributed by atoms with Crippen LogP contribution in [0.2, 0.25) is 6.55 Å². The Balaban J connectivity index is 0.00000118. The van der Waals surface area contributed by atoms with E-state index in [1.165, 1.54) is 44.9 Å². The largest absolute Gasteiger partial charge is 0.494 e. The van der Waals surface area contributed by atoms with E-state index >= 15 is 0 Å². The lowest BCUT2D eigenvalue weighted by molar-refractivity contribution is 0.0734. The number of carbonyl (C=O) groups excluding carboxylic acids is 1. The third kappa shape index (κ3) is 12.4. The Morgan fingerprint density at radius 3 is 1.97 bits per heavy atom. The molecule has 0 aliphatic heterocycles. The predicted molar refractivity (Wildman–Crippen MR) is 136 cm³/mol. The second kappa shape index (κ2) is 18.2. The zero-order valence-corrected chi connectivity index (χ0v) is 23.2. The first-order valence-corrected chi connectivity index (χ1v) is 14.4. The number of ether oxygens (including phenoxy) is 2. The van der Waals surface area contributed by atoms with Crippen molar-refractivity contribution in [1.29, 1.82) is 5.26 Å². The highest BCUT2D eigenvalue weighted by Gasteiger charge is 2.09. The molecule has 0 radical (unpaired) electrons. The van der Waals surface area contributed by atoms with Crippen molar-refractivity contribution < 1.29 is 18.4 Å². The number of benzene rings is 2. The second-order valence-corrected chi connectivity index (χ2v) is 10.3. The standard InChI is InChI=1S/C24H29NO3.CH8OSi2/c1-2-3-4-5-6-7-8-9-18-27-22-16-12-21(13-17-22)24(26)28-23-14-10-20(19-25)11-15-23;1-4-2-3/h10-17H,2-9,18H2,1H3;4H2,1,3H3. The van der Waals surface area contributed by atoms with Gasteiger partial charge in [-0.3, -0.25) is 0 Å². The average Bonchev–Trinajstić information content (AvgIpc) is 2.84. The molecule has 0 spiro atoms. The highest BCUT2D eigenvalue weighted by Crippen LogP contribution is 2.17. The van der Waals surface area contributed by atoms with Crippen molar-refractivity contribution in [2.24, 2.45) is 0 Å². The lowest BCUT2D eigenvalue weighted by Gasteiger charge is -2.08. The topological polar surface area (TPSA) is 68.5 Å². The maximum atomic E-state index is 12.2. The number of hydrogen-bond acceptors (Lipinski definition) is 5. The van der Waals surface area contributed by atoms with Crippen LogP contribution in [0.3, 0.4) is 0 Å². The van der Waals surface area contributed by atoms with E-state index in [1.54, 1.807) is 48.5 Å². The summed E-state index contributed by atoms with van der Waals surface area (Å²) in [5.74, 6) is 0.747. The Hall–Kier alpha value is -2.41. The van der Waals surface area contributed by atoms with Crippen LogP contribution in [-0.4, -0.2) is 32.8 Å². The fourth-order valence-corrected chi connectivity index (χ4v) is 2.88. The summed E-state index contributed by atoms with van der Waals surface area (Å²) in [4.78, 5) is 12.2. The molecule has 0 amide bonds. The van der Waals surface area contributed by atoms with Crippen LogP contribution in [0, 0.1) is 11.3 Å². The average molecular weight is 472 g/mol. The fraction of sp³-hybridized carbons (Fsp3) is 0.440. The van der Waals surface area contributed by atoms with Crippen LogP contribution in [0.25, 0.3) is 0 Å². The van der Waals surface area contributed by atoms with E-state index in [0.717, 1.165) is 22.7 Å². The van der Waals surface area contributed by atoms with Gasteiger partial charge in [0, 0.05) is 0 Å². The van der Waals surface area contributed by atoms with Crippen molar-refractivity contribution in [3.8, 4) is 17.6 Å². The molecule has 32 heavy (non-hydrogen) atoms. The van der Waals surface area contributed by atoms with E-state index in [4.69, 9.17) is 18.9 Å². The molecule has 0 saturated heterocycles. The molecule has 0 heterocycles. The Morgan fingerprint density at radius 1 is 0.906 bits per heavy atom. The van der Waals surface area contributed by atoms with Crippen molar-refractivity contribution in [3.63, 3.8) is 0 Å². The van der Waals surface area contributed by atoms with Crippen LogP contribution >= 0.6 is 0 Å². The van der Waals surface area contributed by atoms with Crippen molar-refractivity contribution in [2.45, 2.75) is 64.8 Å². The minimum Gasteiger partial charge on any atom is -0.494 e. The van der Waals surface area contributed by atoms with Crippen molar-refractivity contribution in [2.75, 3.05) is 6.61 Å². The van der Waals surface area contributed by atoms with E-state index in [1.807, 2.05) is 6.07 Å². The lowest BCUT2D eigenvalue weighted by Crippen LogP contribution is -2.08. The molecular formula is C25H37NO4Si2. The summed E-state index contributed by atoms with van der Waals surface area (Å²) in [6.07, 6.45) is 10.2. The summed E-state index contributed by atoms with van der Waals surface area (Å²) in [5, 5.41) is 8.79. The number of rotatable bonds is 13. The first kappa shape index (κ1) is 27.6. The molecule has 2 aromatic rings. The summed E-state index contributed by atoms with van der Waals surface area (Å²) in [5.41, 5.74) is 0.988. The van der Waals surface area contributed by atoms with Crippen LogP contribution in [0.1, 0.15) is 74.2 Å². The molecule has 7 heteroatoms. The summed E-state index contributed by atoms with van der Waals surface area (Å²) < 4.78 is 15.9. The molecule has 0 aromatic heterocycles. The SMILES string of the molecule is CCCCCCCCCCOc1ccc(C(=O)Oc2ccc(C#N)cc2)cc1.C[SiH2]O[SiH3]. The molecule has 0 aliphatic rings. The molecule has 2 rings (SSSR count). The summed E-state index contributed by atoms with van der Waals surface area (Å²) in [6, 6.07) is 15.5. The van der Waals surface area contributed by atoms with Crippen LogP contribution in [0.5, 0.6) is 11.5 Å². The van der Waals surface area contributed by atoms with Gasteiger partial charge in [0.1, 0.15) is 31.7 Å².